The van der Waals surface area contributed by atoms with Crippen molar-refractivity contribution in [2.24, 2.45) is 0 Å². The molecule has 6 heteroatoms. The van der Waals surface area contributed by atoms with Crippen LogP contribution in [0.4, 0.5) is 0 Å². The first-order valence-electron chi connectivity index (χ1n) is 7.63. The third kappa shape index (κ3) is 4.48. The number of aromatic nitrogens is 2. The summed E-state index contributed by atoms with van der Waals surface area (Å²) in [6.07, 6.45) is 1.96. The molecule has 124 valence electrons. The zero-order valence-corrected chi connectivity index (χ0v) is 14.6. The van der Waals surface area contributed by atoms with Crippen molar-refractivity contribution >= 4 is 17.5 Å². The molecule has 0 bridgehead atoms. The number of benzene rings is 1. The summed E-state index contributed by atoms with van der Waals surface area (Å²) >= 11 is 5.90. The van der Waals surface area contributed by atoms with Gasteiger partial charge in [-0.1, -0.05) is 11.6 Å². The maximum absolute atomic E-state index is 12.1. The first-order valence-corrected chi connectivity index (χ1v) is 8.00. The van der Waals surface area contributed by atoms with Crippen LogP contribution in [0.3, 0.4) is 0 Å². The van der Waals surface area contributed by atoms with Gasteiger partial charge in [0.2, 0.25) is 0 Å². The molecule has 0 radical (unpaired) electrons. The lowest BCUT2D eigenvalue weighted by Gasteiger charge is -2.14. The number of ether oxygens (including phenoxy) is 1. The molecule has 23 heavy (non-hydrogen) atoms. The highest BCUT2D eigenvalue weighted by atomic mass is 35.5. The van der Waals surface area contributed by atoms with Gasteiger partial charge in [-0.3, -0.25) is 9.48 Å². The second-order valence-corrected chi connectivity index (χ2v) is 5.95. The molecule has 2 aromatic rings. The van der Waals surface area contributed by atoms with Crippen molar-refractivity contribution in [2.45, 2.75) is 40.3 Å². The number of carbonyl (C=O) groups excluding carboxylic acids is 1. The lowest BCUT2D eigenvalue weighted by Crippen LogP contribution is -2.31. The van der Waals surface area contributed by atoms with E-state index in [1.807, 2.05) is 38.6 Å². The summed E-state index contributed by atoms with van der Waals surface area (Å²) in [6.45, 7) is 8.58. The molecule has 1 aromatic heterocycles. The van der Waals surface area contributed by atoms with E-state index in [0.717, 1.165) is 23.4 Å². The van der Waals surface area contributed by atoms with Crippen LogP contribution in [0.15, 0.2) is 24.4 Å². The minimum Gasteiger partial charge on any atom is -0.484 e. The van der Waals surface area contributed by atoms with Crippen molar-refractivity contribution < 1.29 is 9.53 Å². The number of carbonyl (C=O) groups is 1. The highest BCUT2D eigenvalue weighted by Crippen LogP contribution is 2.22. The van der Waals surface area contributed by atoms with Crippen LogP contribution in [0.1, 0.15) is 36.7 Å². The molecule has 0 aliphatic rings. The molecule has 1 heterocycles. The van der Waals surface area contributed by atoms with Gasteiger partial charge in [0.25, 0.3) is 5.91 Å². The van der Waals surface area contributed by atoms with Crippen LogP contribution in [0.2, 0.25) is 5.02 Å². The number of halogens is 1. The molecule has 1 N–H and O–H groups in total. The van der Waals surface area contributed by atoms with Crippen molar-refractivity contribution in [1.29, 1.82) is 0 Å². The van der Waals surface area contributed by atoms with Crippen LogP contribution in [0.25, 0.3) is 0 Å². The number of hydrogen-bond acceptors (Lipinski definition) is 3. The molecule has 1 aromatic carbocycles. The van der Waals surface area contributed by atoms with E-state index in [2.05, 4.69) is 10.4 Å². The van der Waals surface area contributed by atoms with E-state index >= 15 is 0 Å². The molecule has 1 atom stereocenters. The van der Waals surface area contributed by atoms with Gasteiger partial charge in [-0.2, -0.15) is 5.10 Å². The van der Waals surface area contributed by atoms with Crippen molar-refractivity contribution in [3.05, 3.63) is 46.2 Å². The van der Waals surface area contributed by atoms with Gasteiger partial charge in [0, 0.05) is 23.3 Å². The Kier molecular flexibility index (Phi) is 5.66. The molecule has 0 unspecified atom stereocenters. The summed E-state index contributed by atoms with van der Waals surface area (Å²) in [4.78, 5) is 12.1. The average Bonchev–Trinajstić information content (AvgIpc) is 2.87. The summed E-state index contributed by atoms with van der Waals surface area (Å²) in [6, 6.07) is 5.20. The van der Waals surface area contributed by atoms with Gasteiger partial charge in [0.15, 0.2) is 6.61 Å². The second-order valence-electron chi connectivity index (χ2n) is 5.51. The minimum absolute atomic E-state index is 0.0340. The Labute approximate surface area is 141 Å². The fourth-order valence-corrected chi connectivity index (χ4v) is 2.63. The minimum atomic E-state index is -0.171. The number of hydrogen-bond donors (Lipinski definition) is 1. The predicted octanol–water partition coefficient (Wildman–Crippen LogP) is 3.43. The van der Waals surface area contributed by atoms with E-state index < -0.39 is 0 Å². The molecule has 1 amide bonds. The molecule has 5 nitrogen and oxygen atoms in total. The molecule has 0 aliphatic heterocycles. The van der Waals surface area contributed by atoms with E-state index in [1.54, 1.807) is 18.2 Å². The third-order valence-electron chi connectivity index (χ3n) is 3.65. The maximum Gasteiger partial charge on any atom is 0.258 e. The van der Waals surface area contributed by atoms with Crippen LogP contribution < -0.4 is 10.1 Å². The summed E-state index contributed by atoms with van der Waals surface area (Å²) in [7, 11) is 0. The van der Waals surface area contributed by atoms with Crippen LogP contribution in [-0.2, 0) is 11.3 Å². The Hall–Kier alpha value is -2.01. The van der Waals surface area contributed by atoms with E-state index in [4.69, 9.17) is 16.3 Å². The quantitative estimate of drug-likeness (QED) is 0.880. The molecule has 0 aliphatic carbocycles. The molecular weight excluding hydrogens is 314 g/mol. The van der Waals surface area contributed by atoms with E-state index in [0.29, 0.717) is 10.8 Å². The zero-order valence-electron chi connectivity index (χ0n) is 13.9. The topological polar surface area (TPSA) is 56.2 Å². The summed E-state index contributed by atoms with van der Waals surface area (Å²) in [5.74, 6) is 0.489. The normalized spacial score (nSPS) is 12.0. The zero-order chi connectivity index (χ0) is 17.0. The van der Waals surface area contributed by atoms with Gasteiger partial charge >= 0.3 is 0 Å². The Balaban J connectivity index is 1.92. The Morgan fingerprint density at radius 3 is 2.78 bits per heavy atom. The largest absolute Gasteiger partial charge is 0.484 e. The highest BCUT2D eigenvalue weighted by molar-refractivity contribution is 6.30. The van der Waals surface area contributed by atoms with Crippen molar-refractivity contribution in [3.63, 3.8) is 0 Å². The van der Waals surface area contributed by atoms with Crippen LogP contribution in [-0.4, -0.2) is 22.3 Å². The van der Waals surface area contributed by atoms with Gasteiger partial charge in [0.05, 0.1) is 11.7 Å². The monoisotopic (exact) mass is 335 g/mol. The number of amides is 1. The van der Waals surface area contributed by atoms with E-state index in [-0.39, 0.29) is 18.6 Å². The maximum atomic E-state index is 12.1. The Morgan fingerprint density at radius 2 is 2.17 bits per heavy atom. The SMILES string of the molecule is CCn1cc([C@@H](C)NC(=O)COc2ccc(Cl)cc2C)c(C)n1. The lowest BCUT2D eigenvalue weighted by molar-refractivity contribution is -0.123. The number of aryl methyl sites for hydroxylation is 3. The van der Waals surface area contributed by atoms with Crippen molar-refractivity contribution in [1.82, 2.24) is 15.1 Å². The Bertz CT molecular complexity index is 697. The molecule has 0 saturated heterocycles. The number of nitrogens with one attached hydrogen (secondary N) is 1. The van der Waals surface area contributed by atoms with E-state index in [9.17, 15) is 4.79 Å². The van der Waals surface area contributed by atoms with Gasteiger partial charge in [-0.05, 0) is 51.5 Å². The average molecular weight is 336 g/mol. The molecule has 0 spiro atoms. The van der Waals surface area contributed by atoms with Crippen molar-refractivity contribution in [3.8, 4) is 5.75 Å². The summed E-state index contributed by atoms with van der Waals surface area (Å²) < 4.78 is 7.42. The van der Waals surface area contributed by atoms with Gasteiger partial charge in [-0.15, -0.1) is 0 Å². The van der Waals surface area contributed by atoms with Gasteiger partial charge in [-0.25, -0.2) is 0 Å². The summed E-state index contributed by atoms with van der Waals surface area (Å²) in [5, 5.41) is 7.97. The molecule has 2 rings (SSSR count). The standard InChI is InChI=1S/C17H22ClN3O2/c1-5-21-9-15(13(4)20-21)12(3)19-17(22)10-23-16-7-6-14(18)8-11(16)2/h6-9,12H,5,10H2,1-4H3,(H,19,22)/t12-/m1/s1. The third-order valence-corrected chi connectivity index (χ3v) is 3.88. The molecular formula is C17H22ClN3O2. The van der Waals surface area contributed by atoms with Crippen molar-refractivity contribution in [2.75, 3.05) is 6.61 Å². The molecule has 0 saturated carbocycles. The van der Waals surface area contributed by atoms with Crippen LogP contribution >= 0.6 is 11.6 Å². The lowest BCUT2D eigenvalue weighted by atomic mass is 10.1. The van der Waals surface area contributed by atoms with Crippen LogP contribution in [0.5, 0.6) is 5.75 Å². The summed E-state index contributed by atoms with van der Waals surface area (Å²) in [5.41, 5.74) is 2.84. The fraction of sp³-hybridized carbons (Fsp3) is 0.412. The van der Waals surface area contributed by atoms with Gasteiger partial charge < -0.3 is 10.1 Å². The van der Waals surface area contributed by atoms with E-state index in [1.165, 1.54) is 0 Å². The Morgan fingerprint density at radius 1 is 1.43 bits per heavy atom. The predicted molar refractivity (Wildman–Crippen MR) is 90.9 cm³/mol. The first-order chi connectivity index (χ1) is 10.9. The number of rotatable bonds is 6. The molecule has 0 fully saturated rings. The van der Waals surface area contributed by atoms with Gasteiger partial charge in [0.1, 0.15) is 5.75 Å². The first kappa shape index (κ1) is 17.3. The number of nitrogens with zero attached hydrogens (tertiary/aromatic N) is 2. The smallest absolute Gasteiger partial charge is 0.258 e. The van der Waals surface area contributed by atoms with Crippen LogP contribution in [0, 0.1) is 13.8 Å². The second kappa shape index (κ2) is 7.51. The fourth-order valence-electron chi connectivity index (χ4n) is 2.40. The highest BCUT2D eigenvalue weighted by Gasteiger charge is 2.15.